The van der Waals surface area contributed by atoms with Crippen LogP contribution in [0.3, 0.4) is 0 Å². The third kappa shape index (κ3) is 4.60. The number of nitrogens with one attached hydrogen (secondary N) is 1. The van der Waals surface area contributed by atoms with Crippen molar-refractivity contribution in [2.45, 2.75) is 13.0 Å². The molecule has 2 heterocycles. The van der Waals surface area contributed by atoms with E-state index in [1.165, 1.54) is 0 Å². The molecule has 0 aliphatic carbocycles. The van der Waals surface area contributed by atoms with Gasteiger partial charge in [-0.3, -0.25) is 9.59 Å². The van der Waals surface area contributed by atoms with Gasteiger partial charge in [-0.2, -0.15) is 0 Å². The van der Waals surface area contributed by atoms with Crippen LogP contribution in [0.25, 0.3) is 0 Å². The van der Waals surface area contributed by atoms with Gasteiger partial charge in [0.1, 0.15) is 5.75 Å². The van der Waals surface area contributed by atoms with Gasteiger partial charge in [0.15, 0.2) is 6.10 Å². The van der Waals surface area contributed by atoms with Crippen LogP contribution in [0.2, 0.25) is 0 Å². The lowest BCUT2D eigenvalue weighted by Crippen LogP contribution is -2.53. The molecule has 1 N–H and O–H groups in total. The van der Waals surface area contributed by atoms with Crippen molar-refractivity contribution in [1.82, 2.24) is 4.90 Å². The minimum absolute atomic E-state index is 0.0688. The molecule has 0 spiro atoms. The number of fused-ring (bicyclic) bond motifs is 1. The number of hydrogen-bond donors (Lipinski definition) is 1. The number of benzene rings is 2. The molecule has 0 radical (unpaired) electrons. The highest BCUT2D eigenvalue weighted by molar-refractivity contribution is 9.10. The fraction of sp³-hybridized carbons (Fsp3) is 0.364. The lowest BCUT2D eigenvalue weighted by atomic mass is 10.1. The minimum Gasteiger partial charge on any atom is -0.477 e. The summed E-state index contributed by atoms with van der Waals surface area (Å²) in [5.41, 5.74) is 2.63. The van der Waals surface area contributed by atoms with Gasteiger partial charge in [0.25, 0.3) is 5.91 Å². The molecule has 0 bridgehead atoms. The minimum atomic E-state index is -0.653. The predicted molar refractivity (Wildman–Crippen MR) is 118 cm³/mol. The van der Waals surface area contributed by atoms with E-state index in [0.717, 1.165) is 21.4 Å². The standard InChI is InChI=1S/C22H24BrN3O4/c1-15-6-7-16(12-17(15)23)24-21(27)14-26-13-20(22(28)25-8-10-29-11-9-25)30-19-5-3-2-4-18(19)26/h2-7,12,20H,8-11,13-14H2,1H3,(H,24,27). The van der Waals surface area contributed by atoms with Crippen LogP contribution in [0.4, 0.5) is 11.4 Å². The van der Waals surface area contributed by atoms with Crippen molar-refractivity contribution in [3.8, 4) is 5.75 Å². The first-order valence-corrected chi connectivity index (χ1v) is 10.7. The van der Waals surface area contributed by atoms with E-state index in [9.17, 15) is 9.59 Å². The molecule has 0 aromatic heterocycles. The van der Waals surface area contributed by atoms with Gasteiger partial charge in [-0.25, -0.2) is 0 Å². The van der Waals surface area contributed by atoms with Crippen molar-refractivity contribution in [3.05, 3.63) is 52.5 Å². The highest BCUT2D eigenvalue weighted by Gasteiger charge is 2.34. The van der Waals surface area contributed by atoms with Gasteiger partial charge < -0.3 is 24.6 Å². The SMILES string of the molecule is Cc1ccc(NC(=O)CN2CC(C(=O)N3CCOCC3)Oc3ccccc32)cc1Br. The van der Waals surface area contributed by atoms with Crippen molar-refractivity contribution in [2.24, 2.45) is 0 Å². The smallest absolute Gasteiger partial charge is 0.265 e. The number of carbonyl (C=O) groups is 2. The van der Waals surface area contributed by atoms with Crippen LogP contribution in [0.5, 0.6) is 5.75 Å². The predicted octanol–water partition coefficient (Wildman–Crippen LogP) is 2.82. The Hall–Kier alpha value is -2.58. The Kier molecular flexibility index (Phi) is 6.24. The third-order valence-corrected chi connectivity index (χ3v) is 6.10. The molecule has 2 aromatic rings. The zero-order valence-corrected chi connectivity index (χ0v) is 18.4. The van der Waals surface area contributed by atoms with E-state index < -0.39 is 6.10 Å². The van der Waals surface area contributed by atoms with Gasteiger partial charge in [0.05, 0.1) is 32.0 Å². The van der Waals surface area contributed by atoms with Crippen LogP contribution in [0, 0.1) is 6.92 Å². The zero-order chi connectivity index (χ0) is 21.1. The second-order valence-electron chi connectivity index (χ2n) is 7.40. The van der Waals surface area contributed by atoms with Crippen LogP contribution >= 0.6 is 15.9 Å². The number of nitrogens with zero attached hydrogens (tertiary/aromatic N) is 2. The molecule has 4 rings (SSSR count). The second kappa shape index (κ2) is 9.06. The average Bonchev–Trinajstić information content (AvgIpc) is 2.76. The summed E-state index contributed by atoms with van der Waals surface area (Å²) < 4.78 is 12.3. The number of para-hydroxylation sites is 2. The summed E-state index contributed by atoms with van der Waals surface area (Å²) in [7, 11) is 0. The molecular weight excluding hydrogens is 450 g/mol. The number of halogens is 1. The molecule has 158 valence electrons. The Balaban J connectivity index is 1.48. The van der Waals surface area contributed by atoms with Crippen LogP contribution in [-0.2, 0) is 14.3 Å². The fourth-order valence-electron chi connectivity index (χ4n) is 3.62. The molecule has 1 unspecified atom stereocenters. The van der Waals surface area contributed by atoms with Crippen LogP contribution < -0.4 is 15.0 Å². The Labute approximate surface area is 184 Å². The highest BCUT2D eigenvalue weighted by Crippen LogP contribution is 2.33. The molecule has 1 fully saturated rings. The fourth-order valence-corrected chi connectivity index (χ4v) is 4.00. The quantitative estimate of drug-likeness (QED) is 0.738. The van der Waals surface area contributed by atoms with E-state index in [1.54, 1.807) is 4.90 Å². The average molecular weight is 474 g/mol. The van der Waals surface area contributed by atoms with Crippen molar-refractivity contribution in [1.29, 1.82) is 0 Å². The first kappa shape index (κ1) is 20.7. The molecule has 1 saturated heterocycles. The van der Waals surface area contributed by atoms with Crippen molar-refractivity contribution >= 4 is 39.1 Å². The molecule has 2 aliphatic rings. The van der Waals surface area contributed by atoms with Gasteiger partial charge in [-0.15, -0.1) is 0 Å². The summed E-state index contributed by atoms with van der Waals surface area (Å²) in [6, 6.07) is 13.2. The van der Waals surface area contributed by atoms with Crippen molar-refractivity contribution in [2.75, 3.05) is 49.6 Å². The molecule has 0 saturated carbocycles. The lowest BCUT2D eigenvalue weighted by Gasteiger charge is -2.38. The number of morpholine rings is 1. The molecular formula is C22H24BrN3O4. The molecule has 2 aromatic carbocycles. The number of rotatable bonds is 4. The van der Waals surface area contributed by atoms with Gasteiger partial charge in [0.2, 0.25) is 5.91 Å². The van der Waals surface area contributed by atoms with E-state index in [0.29, 0.717) is 38.6 Å². The number of carbonyl (C=O) groups excluding carboxylic acids is 2. The maximum Gasteiger partial charge on any atom is 0.265 e. The monoisotopic (exact) mass is 473 g/mol. The van der Waals surface area contributed by atoms with E-state index in [4.69, 9.17) is 9.47 Å². The maximum atomic E-state index is 13.0. The van der Waals surface area contributed by atoms with Crippen molar-refractivity contribution in [3.63, 3.8) is 0 Å². The maximum absolute atomic E-state index is 13.0. The molecule has 8 heteroatoms. The second-order valence-corrected chi connectivity index (χ2v) is 8.26. The van der Waals surface area contributed by atoms with Crippen LogP contribution in [-0.4, -0.2) is 62.2 Å². The van der Waals surface area contributed by atoms with E-state index >= 15 is 0 Å². The molecule has 2 aliphatic heterocycles. The van der Waals surface area contributed by atoms with Crippen LogP contribution in [0.15, 0.2) is 46.9 Å². The summed E-state index contributed by atoms with van der Waals surface area (Å²) in [4.78, 5) is 29.4. The molecule has 30 heavy (non-hydrogen) atoms. The Bertz CT molecular complexity index is 946. The number of amides is 2. The number of anilines is 2. The first-order valence-electron chi connectivity index (χ1n) is 9.94. The van der Waals surface area contributed by atoms with Gasteiger partial charge in [-0.1, -0.05) is 34.1 Å². The number of ether oxygens (including phenoxy) is 2. The van der Waals surface area contributed by atoms with Crippen LogP contribution in [0.1, 0.15) is 5.56 Å². The van der Waals surface area contributed by atoms with Gasteiger partial charge in [-0.05, 0) is 36.8 Å². The van der Waals surface area contributed by atoms with Gasteiger partial charge in [0, 0.05) is 23.2 Å². The summed E-state index contributed by atoms with van der Waals surface area (Å²) >= 11 is 3.49. The molecule has 2 amide bonds. The Morgan fingerprint density at radius 2 is 1.93 bits per heavy atom. The number of aryl methyl sites for hydroxylation is 1. The summed E-state index contributed by atoms with van der Waals surface area (Å²) in [6.07, 6.45) is -0.653. The Morgan fingerprint density at radius 3 is 2.70 bits per heavy atom. The van der Waals surface area contributed by atoms with Crippen molar-refractivity contribution < 1.29 is 19.1 Å². The zero-order valence-electron chi connectivity index (χ0n) is 16.8. The van der Waals surface area contributed by atoms with E-state index in [2.05, 4.69) is 21.2 Å². The third-order valence-electron chi connectivity index (χ3n) is 5.25. The number of hydrogen-bond acceptors (Lipinski definition) is 5. The summed E-state index contributed by atoms with van der Waals surface area (Å²) in [5, 5.41) is 2.93. The van der Waals surface area contributed by atoms with Gasteiger partial charge >= 0.3 is 0 Å². The summed E-state index contributed by atoms with van der Waals surface area (Å²) in [6.45, 7) is 4.62. The Morgan fingerprint density at radius 1 is 1.17 bits per heavy atom. The topological polar surface area (TPSA) is 71.1 Å². The normalized spacial score (nSPS) is 18.4. The lowest BCUT2D eigenvalue weighted by molar-refractivity contribution is -0.142. The summed E-state index contributed by atoms with van der Waals surface area (Å²) in [5.74, 6) is 0.391. The van der Waals surface area contributed by atoms with E-state index in [-0.39, 0.29) is 18.4 Å². The molecule has 7 nitrogen and oxygen atoms in total. The largest absolute Gasteiger partial charge is 0.477 e. The first-order chi connectivity index (χ1) is 14.5. The molecule has 1 atom stereocenters. The highest BCUT2D eigenvalue weighted by atomic mass is 79.9. The van der Waals surface area contributed by atoms with E-state index in [1.807, 2.05) is 54.3 Å².